The molecule has 3 aliphatic rings. The van der Waals surface area contributed by atoms with Gasteiger partial charge in [-0.3, -0.25) is 4.90 Å². The van der Waals surface area contributed by atoms with Gasteiger partial charge in [0, 0.05) is 23.7 Å². The predicted molar refractivity (Wildman–Crippen MR) is 116 cm³/mol. The van der Waals surface area contributed by atoms with Gasteiger partial charge in [-0.05, 0) is 95.3 Å². The van der Waals surface area contributed by atoms with Crippen LogP contribution in [0.2, 0.25) is 0 Å². The van der Waals surface area contributed by atoms with Crippen LogP contribution in [0.5, 0.6) is 0 Å². The number of hydrogen-bond donors (Lipinski definition) is 0. The molecule has 0 amide bonds. The maximum atomic E-state index is 12.0. The molecule has 0 radical (unpaired) electrons. The Bertz CT molecular complexity index is 507. The van der Waals surface area contributed by atoms with E-state index < -0.39 is 0 Å². The van der Waals surface area contributed by atoms with Crippen molar-refractivity contribution in [2.45, 2.75) is 123 Å². The number of esters is 1. The Morgan fingerprint density at radius 2 is 1.25 bits per heavy atom. The molecule has 160 valence electrons. The largest absolute Gasteiger partial charge is 0.459 e. The minimum absolute atomic E-state index is 0.0695. The number of hydrogen-bond acceptors (Lipinski definition) is 3. The van der Waals surface area contributed by atoms with Crippen LogP contribution in [-0.4, -0.2) is 35.1 Å². The standard InChI is InChI=1S/C25H43NO2/c1-17(2)25(27)28-24-15-14-23(16-20(24)5)26(21-10-6-18(3)7-11-21)22-12-8-19(4)9-13-22/h18-24H,1,6-16H2,2-5H3. The maximum absolute atomic E-state index is 12.0. The topological polar surface area (TPSA) is 29.5 Å². The van der Waals surface area contributed by atoms with Crippen LogP contribution in [-0.2, 0) is 9.53 Å². The van der Waals surface area contributed by atoms with E-state index in [0.717, 1.165) is 30.3 Å². The molecule has 3 aliphatic carbocycles. The number of carbonyl (C=O) groups excluding carboxylic acids is 1. The zero-order valence-corrected chi connectivity index (χ0v) is 18.8. The van der Waals surface area contributed by atoms with Crippen LogP contribution < -0.4 is 0 Å². The van der Waals surface area contributed by atoms with Gasteiger partial charge in [-0.1, -0.05) is 27.4 Å². The van der Waals surface area contributed by atoms with Crippen molar-refractivity contribution in [1.29, 1.82) is 0 Å². The molecule has 0 aromatic heterocycles. The normalized spacial score (nSPS) is 39.5. The Balaban J connectivity index is 1.66. The second-order valence-electron chi connectivity index (χ2n) is 10.4. The molecule has 0 aromatic rings. The minimum Gasteiger partial charge on any atom is -0.459 e. The van der Waals surface area contributed by atoms with E-state index in [1.807, 2.05) is 0 Å². The number of rotatable bonds is 5. The van der Waals surface area contributed by atoms with Crippen molar-refractivity contribution in [3.63, 3.8) is 0 Å². The van der Waals surface area contributed by atoms with E-state index in [4.69, 9.17) is 4.74 Å². The number of carbonyl (C=O) groups is 1. The molecule has 0 aromatic carbocycles. The lowest BCUT2D eigenvalue weighted by molar-refractivity contribution is -0.150. The van der Waals surface area contributed by atoms with E-state index in [-0.39, 0.29) is 12.1 Å². The fourth-order valence-electron chi connectivity index (χ4n) is 6.00. The smallest absolute Gasteiger partial charge is 0.333 e. The second kappa shape index (κ2) is 9.78. The summed E-state index contributed by atoms with van der Waals surface area (Å²) in [5.41, 5.74) is 0.517. The van der Waals surface area contributed by atoms with E-state index in [9.17, 15) is 4.79 Å². The van der Waals surface area contributed by atoms with Gasteiger partial charge < -0.3 is 4.74 Å². The number of nitrogens with zero attached hydrogens (tertiary/aromatic N) is 1. The molecule has 0 spiro atoms. The van der Waals surface area contributed by atoms with Crippen molar-refractivity contribution in [2.24, 2.45) is 17.8 Å². The van der Waals surface area contributed by atoms with Crippen LogP contribution >= 0.6 is 0 Å². The van der Waals surface area contributed by atoms with Gasteiger partial charge in [0.05, 0.1) is 0 Å². The van der Waals surface area contributed by atoms with Crippen LogP contribution in [0, 0.1) is 17.8 Å². The van der Waals surface area contributed by atoms with E-state index in [2.05, 4.69) is 32.3 Å². The van der Waals surface area contributed by atoms with Gasteiger partial charge in [-0.15, -0.1) is 0 Å². The summed E-state index contributed by atoms with van der Waals surface area (Å²) in [6, 6.07) is 2.23. The molecule has 3 heteroatoms. The molecular formula is C25H43NO2. The quantitative estimate of drug-likeness (QED) is 0.419. The first-order valence-corrected chi connectivity index (χ1v) is 12.0. The molecular weight excluding hydrogens is 346 g/mol. The summed E-state index contributed by atoms with van der Waals surface area (Å²) in [6.45, 7) is 12.6. The fraction of sp³-hybridized carbons (Fsp3) is 0.880. The summed E-state index contributed by atoms with van der Waals surface area (Å²) >= 11 is 0. The van der Waals surface area contributed by atoms with Crippen molar-refractivity contribution in [2.75, 3.05) is 0 Å². The maximum Gasteiger partial charge on any atom is 0.333 e. The predicted octanol–water partition coefficient (Wildman–Crippen LogP) is 6.12. The average Bonchev–Trinajstić information content (AvgIpc) is 2.67. The first kappa shape index (κ1) is 21.9. The molecule has 0 bridgehead atoms. The first-order valence-electron chi connectivity index (χ1n) is 12.0. The van der Waals surface area contributed by atoms with Crippen LogP contribution in [0.3, 0.4) is 0 Å². The summed E-state index contributed by atoms with van der Waals surface area (Å²) in [5.74, 6) is 2.03. The Kier molecular flexibility index (Phi) is 7.64. The van der Waals surface area contributed by atoms with Crippen molar-refractivity contribution in [1.82, 2.24) is 4.90 Å². The summed E-state index contributed by atoms with van der Waals surface area (Å²) in [5, 5.41) is 0. The Morgan fingerprint density at radius 1 is 0.786 bits per heavy atom. The zero-order valence-electron chi connectivity index (χ0n) is 18.8. The Morgan fingerprint density at radius 3 is 1.68 bits per heavy atom. The van der Waals surface area contributed by atoms with Gasteiger partial charge in [0.15, 0.2) is 0 Å². The van der Waals surface area contributed by atoms with Crippen LogP contribution in [0.1, 0.15) is 98.3 Å². The van der Waals surface area contributed by atoms with E-state index in [1.54, 1.807) is 6.92 Å². The summed E-state index contributed by atoms with van der Waals surface area (Å²) in [7, 11) is 0. The fourth-order valence-corrected chi connectivity index (χ4v) is 6.00. The Labute approximate surface area is 173 Å². The van der Waals surface area contributed by atoms with Gasteiger partial charge in [0.2, 0.25) is 0 Å². The molecule has 3 atom stereocenters. The molecule has 3 rings (SSSR count). The van der Waals surface area contributed by atoms with E-state index in [1.165, 1.54) is 64.2 Å². The lowest BCUT2D eigenvalue weighted by Crippen LogP contribution is -2.54. The third kappa shape index (κ3) is 5.40. The van der Waals surface area contributed by atoms with E-state index >= 15 is 0 Å². The SMILES string of the molecule is C=C(C)C(=O)OC1CCC(N(C2CCC(C)CC2)C2CCC(C)CC2)CC1C. The van der Waals surface area contributed by atoms with Gasteiger partial charge in [0.1, 0.15) is 6.10 Å². The minimum atomic E-state index is -0.213. The molecule has 3 nitrogen and oxygen atoms in total. The first-order chi connectivity index (χ1) is 13.3. The zero-order chi connectivity index (χ0) is 20.3. The Hall–Kier alpha value is -0.830. The van der Waals surface area contributed by atoms with Crippen molar-refractivity contribution < 1.29 is 9.53 Å². The molecule has 0 N–H and O–H groups in total. The molecule has 0 heterocycles. The lowest BCUT2D eigenvalue weighted by atomic mass is 9.77. The van der Waals surface area contributed by atoms with Crippen molar-refractivity contribution in [3.8, 4) is 0 Å². The molecule has 0 saturated heterocycles. The third-order valence-corrected chi connectivity index (χ3v) is 7.91. The van der Waals surface area contributed by atoms with Gasteiger partial charge >= 0.3 is 5.97 Å². The monoisotopic (exact) mass is 389 g/mol. The second-order valence-corrected chi connectivity index (χ2v) is 10.4. The molecule has 28 heavy (non-hydrogen) atoms. The molecule has 3 saturated carbocycles. The molecule has 3 fully saturated rings. The highest BCUT2D eigenvalue weighted by Gasteiger charge is 2.40. The molecule has 3 unspecified atom stereocenters. The summed E-state index contributed by atoms with van der Waals surface area (Å²) in [4.78, 5) is 15.0. The summed E-state index contributed by atoms with van der Waals surface area (Å²) < 4.78 is 5.76. The number of ether oxygens (including phenoxy) is 1. The van der Waals surface area contributed by atoms with Gasteiger partial charge in [-0.2, -0.15) is 0 Å². The summed E-state index contributed by atoms with van der Waals surface area (Å²) in [6.07, 6.45) is 14.5. The highest BCUT2D eigenvalue weighted by molar-refractivity contribution is 5.87. The third-order valence-electron chi connectivity index (χ3n) is 7.91. The highest BCUT2D eigenvalue weighted by Crippen LogP contribution is 2.39. The van der Waals surface area contributed by atoms with Crippen molar-refractivity contribution >= 4 is 5.97 Å². The van der Waals surface area contributed by atoms with Crippen LogP contribution in [0.25, 0.3) is 0 Å². The molecule has 0 aliphatic heterocycles. The van der Waals surface area contributed by atoms with E-state index in [0.29, 0.717) is 17.5 Å². The van der Waals surface area contributed by atoms with Gasteiger partial charge in [0.25, 0.3) is 0 Å². The van der Waals surface area contributed by atoms with Crippen LogP contribution in [0.15, 0.2) is 12.2 Å². The van der Waals surface area contributed by atoms with Crippen LogP contribution in [0.4, 0.5) is 0 Å². The average molecular weight is 390 g/mol. The van der Waals surface area contributed by atoms with Crippen molar-refractivity contribution in [3.05, 3.63) is 12.2 Å². The lowest BCUT2D eigenvalue weighted by Gasteiger charge is -2.50. The van der Waals surface area contributed by atoms with Gasteiger partial charge in [-0.25, -0.2) is 4.79 Å². The highest BCUT2D eigenvalue weighted by atomic mass is 16.5.